The van der Waals surface area contributed by atoms with Gasteiger partial charge in [-0.15, -0.1) is 0 Å². The minimum Gasteiger partial charge on any atom is -0.487 e. The normalized spacial score (nSPS) is 25.2. The molecule has 4 aliphatic rings. The molecule has 3 N–H and O–H groups in total. The molecule has 10 heteroatoms. The SMILES string of the molecule is C=C1/C(=C\C=C(/C)Oc2ccnc3c2CCC(=O)N3)O[C@@H]2[C@@H](NC(=O)Nc3ccc(CN4CCN(C)CC4)cc3)[C@H]12. The lowest BCUT2D eigenvalue weighted by Crippen LogP contribution is -2.43. The predicted molar refractivity (Wildman–Crippen MR) is 156 cm³/mol. The van der Waals surface area contributed by atoms with E-state index in [0.717, 1.165) is 49.5 Å². The molecular weight excluding hydrogens is 520 g/mol. The van der Waals surface area contributed by atoms with Gasteiger partial charge in [0.2, 0.25) is 5.91 Å². The Hall–Kier alpha value is -4.15. The first-order valence-corrected chi connectivity index (χ1v) is 14.1. The number of carbonyl (C=O) groups is 2. The first-order valence-electron chi connectivity index (χ1n) is 14.1. The fraction of sp³-hybridized carbons (Fsp3) is 0.387. The number of anilines is 2. The van der Waals surface area contributed by atoms with E-state index in [-0.39, 0.29) is 30.0 Å². The molecule has 2 aromatic rings. The van der Waals surface area contributed by atoms with Crippen molar-refractivity contribution in [3.8, 4) is 5.75 Å². The van der Waals surface area contributed by atoms with Crippen molar-refractivity contribution < 1.29 is 19.1 Å². The van der Waals surface area contributed by atoms with E-state index < -0.39 is 0 Å². The molecule has 0 bridgehead atoms. The third-order valence-corrected chi connectivity index (χ3v) is 8.06. The Balaban J connectivity index is 0.972. The fourth-order valence-corrected chi connectivity index (χ4v) is 5.58. The molecule has 2 saturated heterocycles. The zero-order chi connectivity index (χ0) is 28.5. The van der Waals surface area contributed by atoms with Gasteiger partial charge in [-0.25, -0.2) is 9.78 Å². The largest absolute Gasteiger partial charge is 0.487 e. The van der Waals surface area contributed by atoms with Gasteiger partial charge in [0.25, 0.3) is 0 Å². The molecule has 1 aromatic heterocycles. The van der Waals surface area contributed by atoms with E-state index in [1.165, 1.54) is 5.56 Å². The average molecular weight is 557 g/mol. The summed E-state index contributed by atoms with van der Waals surface area (Å²) in [5.74, 6) is 2.62. The molecule has 3 fully saturated rings. The number of nitrogens with zero attached hydrogens (tertiary/aromatic N) is 3. The van der Waals surface area contributed by atoms with E-state index in [1.54, 1.807) is 12.3 Å². The van der Waals surface area contributed by atoms with Gasteiger partial charge < -0.3 is 30.3 Å². The van der Waals surface area contributed by atoms with Gasteiger partial charge in [-0.3, -0.25) is 9.69 Å². The number of hydrogen-bond donors (Lipinski definition) is 3. The fourth-order valence-electron chi connectivity index (χ4n) is 5.58. The smallest absolute Gasteiger partial charge is 0.319 e. The maximum Gasteiger partial charge on any atom is 0.319 e. The Labute approximate surface area is 240 Å². The molecule has 214 valence electrons. The van der Waals surface area contributed by atoms with Crippen LogP contribution in [0.25, 0.3) is 0 Å². The topological polar surface area (TPSA) is 108 Å². The summed E-state index contributed by atoms with van der Waals surface area (Å²) in [4.78, 5) is 33.3. The molecule has 0 spiro atoms. The molecular formula is C31H36N6O4. The molecule has 3 aliphatic heterocycles. The molecule has 1 saturated carbocycles. The summed E-state index contributed by atoms with van der Waals surface area (Å²) in [7, 11) is 2.16. The van der Waals surface area contributed by atoms with E-state index >= 15 is 0 Å². The van der Waals surface area contributed by atoms with Crippen molar-refractivity contribution in [1.29, 1.82) is 0 Å². The van der Waals surface area contributed by atoms with Crippen LogP contribution in [0.4, 0.5) is 16.3 Å². The van der Waals surface area contributed by atoms with Gasteiger partial charge >= 0.3 is 6.03 Å². The summed E-state index contributed by atoms with van der Waals surface area (Å²) in [6, 6.07) is 9.48. The van der Waals surface area contributed by atoms with Crippen molar-refractivity contribution in [3.05, 3.63) is 83.5 Å². The number of aromatic nitrogens is 1. The number of allylic oxidation sites excluding steroid dienone is 4. The molecule has 0 radical (unpaired) electrons. The number of hydrogen-bond acceptors (Lipinski definition) is 7. The van der Waals surface area contributed by atoms with Gasteiger partial charge in [0.05, 0.1) is 12.0 Å². The Morgan fingerprint density at radius 1 is 1.20 bits per heavy atom. The van der Waals surface area contributed by atoms with Crippen molar-refractivity contribution in [1.82, 2.24) is 20.1 Å². The van der Waals surface area contributed by atoms with Crippen molar-refractivity contribution in [2.75, 3.05) is 43.9 Å². The zero-order valence-electron chi connectivity index (χ0n) is 23.5. The van der Waals surface area contributed by atoms with Crippen molar-refractivity contribution in [2.45, 2.75) is 38.5 Å². The van der Waals surface area contributed by atoms with E-state index in [2.05, 4.69) is 56.5 Å². The highest BCUT2D eigenvalue weighted by molar-refractivity contribution is 5.93. The first-order chi connectivity index (χ1) is 19.8. The minimum atomic E-state index is -0.251. The van der Waals surface area contributed by atoms with Gasteiger partial charge in [0, 0.05) is 56.6 Å². The number of rotatable bonds is 7. The summed E-state index contributed by atoms with van der Waals surface area (Å²) >= 11 is 0. The lowest BCUT2D eigenvalue weighted by atomic mass is 10.1. The summed E-state index contributed by atoms with van der Waals surface area (Å²) in [5, 5.41) is 8.73. The number of likely N-dealkylation sites (N-methyl/N-ethyl adjacent to an activating group) is 1. The van der Waals surface area contributed by atoms with Crippen LogP contribution < -0.4 is 20.7 Å². The van der Waals surface area contributed by atoms with E-state index in [0.29, 0.717) is 35.9 Å². The van der Waals surface area contributed by atoms with Crippen molar-refractivity contribution >= 4 is 23.4 Å². The van der Waals surface area contributed by atoms with Crippen molar-refractivity contribution in [2.24, 2.45) is 5.92 Å². The van der Waals surface area contributed by atoms with E-state index in [1.807, 2.05) is 31.2 Å². The van der Waals surface area contributed by atoms with Crippen LogP contribution in [0.5, 0.6) is 5.75 Å². The van der Waals surface area contributed by atoms with Gasteiger partial charge in [-0.1, -0.05) is 18.7 Å². The minimum absolute atomic E-state index is 0.0364. The second kappa shape index (κ2) is 11.4. The van der Waals surface area contributed by atoms with Crippen LogP contribution in [0.3, 0.4) is 0 Å². The van der Waals surface area contributed by atoms with Gasteiger partial charge in [0.1, 0.15) is 29.2 Å². The van der Waals surface area contributed by atoms with Gasteiger partial charge in [-0.2, -0.15) is 0 Å². The monoisotopic (exact) mass is 556 g/mol. The molecule has 1 aliphatic carbocycles. The summed E-state index contributed by atoms with van der Waals surface area (Å²) < 4.78 is 12.1. The molecule has 3 amide bonds. The number of nitrogens with one attached hydrogen (secondary N) is 3. The van der Waals surface area contributed by atoms with Crippen LogP contribution >= 0.6 is 0 Å². The number of ether oxygens (including phenoxy) is 2. The highest BCUT2D eigenvalue weighted by Crippen LogP contribution is 2.50. The van der Waals surface area contributed by atoms with Crippen LogP contribution in [0.1, 0.15) is 24.5 Å². The van der Waals surface area contributed by atoms with Crippen LogP contribution in [0, 0.1) is 5.92 Å². The highest BCUT2D eigenvalue weighted by atomic mass is 16.5. The third-order valence-electron chi connectivity index (χ3n) is 8.06. The van der Waals surface area contributed by atoms with Crippen LogP contribution in [-0.4, -0.2) is 72.1 Å². The number of pyridine rings is 1. The zero-order valence-corrected chi connectivity index (χ0v) is 23.5. The van der Waals surface area contributed by atoms with Crippen LogP contribution in [-0.2, 0) is 22.5 Å². The number of carbonyl (C=O) groups excluding carboxylic acids is 2. The lowest BCUT2D eigenvalue weighted by Gasteiger charge is -2.32. The van der Waals surface area contributed by atoms with Crippen LogP contribution in [0.15, 0.2) is 72.4 Å². The second-order valence-electron chi connectivity index (χ2n) is 11.1. The summed E-state index contributed by atoms with van der Waals surface area (Å²) in [6.45, 7) is 11.3. The van der Waals surface area contributed by atoms with E-state index in [4.69, 9.17) is 9.47 Å². The maximum absolute atomic E-state index is 12.6. The maximum atomic E-state index is 12.6. The quantitative estimate of drug-likeness (QED) is 0.447. The molecule has 6 rings (SSSR count). The van der Waals surface area contributed by atoms with E-state index in [9.17, 15) is 9.59 Å². The molecule has 4 heterocycles. The van der Waals surface area contributed by atoms with Crippen LogP contribution in [0.2, 0.25) is 0 Å². The number of benzene rings is 1. The summed E-state index contributed by atoms with van der Waals surface area (Å²) in [6.07, 6.45) is 6.19. The Morgan fingerprint density at radius 3 is 2.71 bits per heavy atom. The number of fused-ring (bicyclic) bond motifs is 2. The number of urea groups is 1. The van der Waals surface area contributed by atoms with Gasteiger partial charge in [0.15, 0.2) is 0 Å². The lowest BCUT2D eigenvalue weighted by molar-refractivity contribution is -0.116. The highest BCUT2D eigenvalue weighted by Gasteiger charge is 2.60. The molecule has 1 aromatic carbocycles. The molecule has 41 heavy (non-hydrogen) atoms. The first kappa shape index (κ1) is 27.0. The molecule has 10 nitrogen and oxygen atoms in total. The Bertz CT molecular complexity index is 1410. The summed E-state index contributed by atoms with van der Waals surface area (Å²) in [5.41, 5.74) is 3.75. The predicted octanol–water partition coefficient (Wildman–Crippen LogP) is 3.66. The molecule has 0 unspecified atom stereocenters. The Kier molecular flexibility index (Phi) is 7.51. The van der Waals surface area contributed by atoms with Crippen molar-refractivity contribution in [3.63, 3.8) is 0 Å². The average Bonchev–Trinajstić information content (AvgIpc) is 3.51. The molecule has 3 atom stereocenters. The third kappa shape index (κ3) is 6.13. The second-order valence-corrected chi connectivity index (χ2v) is 11.1. The number of piperazine rings is 1. The standard InChI is InChI=1S/C31H36N6O4/c1-19(40-25-12-13-32-30-23(25)9-11-26(38)34-30)4-10-24-20(2)27-28(29(27)41-24)35-31(39)33-22-7-5-21(6-8-22)18-37-16-14-36(3)15-17-37/h4-8,10,12-13,27-29H,2,9,11,14-18H2,1,3H3,(H,32,34,38)(H2,33,35,39)/b19-4+,24-10+/t27-,28-,29-/m0/s1. The van der Waals surface area contributed by atoms with Gasteiger partial charge in [-0.05, 0) is 61.9 Å². The number of amides is 3. The Morgan fingerprint density at radius 2 is 1.98 bits per heavy atom.